The van der Waals surface area contributed by atoms with Gasteiger partial charge in [0.15, 0.2) is 0 Å². The van der Waals surface area contributed by atoms with Crippen LogP contribution in [0.4, 0.5) is 11.4 Å². The molecule has 3 aromatic carbocycles. The van der Waals surface area contributed by atoms with Gasteiger partial charge in [0.1, 0.15) is 5.75 Å². The first-order valence-corrected chi connectivity index (χ1v) is 12.6. The van der Waals surface area contributed by atoms with Gasteiger partial charge in [-0.3, -0.25) is 14.3 Å². The highest BCUT2D eigenvalue weighted by Gasteiger charge is 2.16. The summed E-state index contributed by atoms with van der Waals surface area (Å²) >= 11 is 0. The van der Waals surface area contributed by atoms with Gasteiger partial charge in [-0.05, 0) is 87.4 Å². The maximum absolute atomic E-state index is 12.7. The minimum atomic E-state index is -3.84. The molecule has 2 amide bonds. The van der Waals surface area contributed by atoms with Crippen molar-refractivity contribution in [2.45, 2.75) is 32.6 Å². The lowest BCUT2D eigenvalue weighted by molar-refractivity contribution is -0.115. The van der Waals surface area contributed by atoms with Crippen LogP contribution in [0.3, 0.4) is 0 Å². The molecule has 0 aliphatic carbocycles. The number of hydrogen-bond donors (Lipinski definition) is 3. The van der Waals surface area contributed by atoms with Gasteiger partial charge in [0.05, 0.1) is 18.0 Å². The van der Waals surface area contributed by atoms with Gasteiger partial charge in [-0.15, -0.1) is 0 Å². The Balaban J connectivity index is 1.58. The van der Waals surface area contributed by atoms with Crippen molar-refractivity contribution in [1.29, 1.82) is 0 Å². The lowest BCUT2D eigenvalue weighted by Crippen LogP contribution is -2.33. The fraction of sp³-hybridized carbons (Fsp3) is 0.231. The molecule has 0 atom stereocenters. The van der Waals surface area contributed by atoms with Crippen molar-refractivity contribution in [2.24, 2.45) is 0 Å². The highest BCUT2D eigenvalue weighted by atomic mass is 32.2. The number of benzene rings is 3. The fourth-order valence-electron chi connectivity index (χ4n) is 3.61. The zero-order valence-corrected chi connectivity index (χ0v) is 21.0. The number of carbonyl (C=O) groups excluding carboxylic acids is 2. The SMILES string of the molecule is CCOc1ccc(NS(=O)(=O)c2ccc(C(=O)NCC(=O)Nc3c(C)cc(C)cc3C)cc2)cc1. The molecule has 3 N–H and O–H groups in total. The Morgan fingerprint density at radius 3 is 2.06 bits per heavy atom. The van der Waals surface area contributed by atoms with Crippen LogP contribution in [0.2, 0.25) is 0 Å². The van der Waals surface area contributed by atoms with Crippen LogP contribution < -0.4 is 20.1 Å². The monoisotopic (exact) mass is 495 g/mol. The average Bonchev–Trinajstić information content (AvgIpc) is 2.81. The highest BCUT2D eigenvalue weighted by molar-refractivity contribution is 7.92. The Morgan fingerprint density at radius 1 is 0.886 bits per heavy atom. The molecule has 0 saturated heterocycles. The summed E-state index contributed by atoms with van der Waals surface area (Å²) in [5.41, 5.74) is 4.34. The number of aryl methyl sites for hydroxylation is 3. The van der Waals surface area contributed by atoms with Gasteiger partial charge in [0.25, 0.3) is 15.9 Å². The molecule has 9 heteroatoms. The van der Waals surface area contributed by atoms with Crippen LogP contribution >= 0.6 is 0 Å². The molecule has 0 fully saturated rings. The molecule has 3 aromatic rings. The predicted octanol–water partition coefficient (Wildman–Crippen LogP) is 4.18. The maximum atomic E-state index is 12.7. The Kier molecular flexibility index (Phi) is 8.14. The van der Waals surface area contributed by atoms with Gasteiger partial charge >= 0.3 is 0 Å². The van der Waals surface area contributed by atoms with E-state index >= 15 is 0 Å². The summed E-state index contributed by atoms with van der Waals surface area (Å²) < 4.78 is 33.2. The minimum absolute atomic E-state index is 0.00555. The summed E-state index contributed by atoms with van der Waals surface area (Å²) in [6, 6.07) is 16.0. The highest BCUT2D eigenvalue weighted by Crippen LogP contribution is 2.22. The quantitative estimate of drug-likeness (QED) is 0.412. The van der Waals surface area contributed by atoms with Gasteiger partial charge in [-0.25, -0.2) is 8.42 Å². The number of nitrogens with one attached hydrogen (secondary N) is 3. The van der Waals surface area contributed by atoms with Crippen LogP contribution in [-0.4, -0.2) is 33.4 Å². The van der Waals surface area contributed by atoms with Crippen LogP contribution in [0.1, 0.15) is 34.0 Å². The van der Waals surface area contributed by atoms with Gasteiger partial charge < -0.3 is 15.4 Å². The van der Waals surface area contributed by atoms with Crippen molar-refractivity contribution in [3.05, 3.63) is 82.9 Å². The van der Waals surface area contributed by atoms with Crippen LogP contribution in [0.25, 0.3) is 0 Å². The van der Waals surface area contributed by atoms with Gasteiger partial charge in [0, 0.05) is 16.9 Å². The molecule has 0 aliphatic rings. The molecule has 8 nitrogen and oxygen atoms in total. The number of hydrogen-bond acceptors (Lipinski definition) is 5. The van der Waals surface area contributed by atoms with Crippen LogP contribution in [0.15, 0.2) is 65.6 Å². The van der Waals surface area contributed by atoms with E-state index in [4.69, 9.17) is 4.74 Å². The van der Waals surface area contributed by atoms with E-state index in [1.165, 1.54) is 24.3 Å². The van der Waals surface area contributed by atoms with Crippen LogP contribution in [0.5, 0.6) is 5.75 Å². The number of sulfonamides is 1. The van der Waals surface area contributed by atoms with Crippen LogP contribution in [-0.2, 0) is 14.8 Å². The molecule has 0 radical (unpaired) electrons. The molecule has 0 bridgehead atoms. The molecule has 0 aromatic heterocycles. The van der Waals surface area contributed by atoms with E-state index in [0.29, 0.717) is 18.0 Å². The predicted molar refractivity (Wildman–Crippen MR) is 136 cm³/mol. The van der Waals surface area contributed by atoms with E-state index in [2.05, 4.69) is 15.4 Å². The third-order valence-electron chi connectivity index (χ3n) is 5.20. The van der Waals surface area contributed by atoms with Crippen molar-refractivity contribution in [3.63, 3.8) is 0 Å². The topological polar surface area (TPSA) is 114 Å². The first kappa shape index (κ1) is 25.8. The third kappa shape index (κ3) is 6.83. The van der Waals surface area contributed by atoms with E-state index in [0.717, 1.165) is 22.4 Å². The van der Waals surface area contributed by atoms with Gasteiger partial charge in [-0.2, -0.15) is 0 Å². The fourth-order valence-corrected chi connectivity index (χ4v) is 4.67. The zero-order valence-electron chi connectivity index (χ0n) is 20.1. The van der Waals surface area contributed by atoms with Crippen molar-refractivity contribution in [1.82, 2.24) is 5.32 Å². The molecule has 0 saturated carbocycles. The van der Waals surface area contributed by atoms with Crippen molar-refractivity contribution in [3.8, 4) is 5.75 Å². The Hall–Kier alpha value is -3.85. The van der Waals surface area contributed by atoms with Crippen molar-refractivity contribution >= 4 is 33.2 Å². The first-order valence-electron chi connectivity index (χ1n) is 11.1. The van der Waals surface area contributed by atoms with Crippen molar-refractivity contribution in [2.75, 3.05) is 23.2 Å². The second kappa shape index (κ2) is 11.1. The number of anilines is 2. The molecular weight excluding hydrogens is 466 g/mol. The summed E-state index contributed by atoms with van der Waals surface area (Å²) in [4.78, 5) is 24.8. The molecule has 0 unspecified atom stereocenters. The largest absolute Gasteiger partial charge is 0.494 e. The first-order chi connectivity index (χ1) is 16.6. The molecule has 0 heterocycles. The summed E-state index contributed by atoms with van der Waals surface area (Å²) in [6.07, 6.45) is 0. The van der Waals surface area contributed by atoms with E-state index in [9.17, 15) is 18.0 Å². The maximum Gasteiger partial charge on any atom is 0.261 e. The molecule has 35 heavy (non-hydrogen) atoms. The number of carbonyl (C=O) groups is 2. The molecule has 3 rings (SSSR count). The Bertz CT molecular complexity index is 1300. The molecule has 184 valence electrons. The zero-order chi connectivity index (χ0) is 25.6. The van der Waals surface area contributed by atoms with Gasteiger partial charge in [0.2, 0.25) is 5.91 Å². The van der Waals surface area contributed by atoms with Crippen LogP contribution in [0, 0.1) is 20.8 Å². The lowest BCUT2D eigenvalue weighted by atomic mass is 10.1. The number of rotatable bonds is 9. The van der Waals surface area contributed by atoms with E-state index < -0.39 is 15.9 Å². The Morgan fingerprint density at radius 2 is 1.49 bits per heavy atom. The summed E-state index contributed by atoms with van der Waals surface area (Å²) in [5, 5.41) is 5.38. The Labute approximate surface area is 205 Å². The second-order valence-electron chi connectivity index (χ2n) is 8.09. The van der Waals surface area contributed by atoms with E-state index in [1.807, 2.05) is 39.8 Å². The molecule has 0 aliphatic heterocycles. The van der Waals surface area contributed by atoms with E-state index in [1.54, 1.807) is 24.3 Å². The smallest absolute Gasteiger partial charge is 0.261 e. The summed E-state index contributed by atoms with van der Waals surface area (Å²) in [5.74, 6) is -0.197. The minimum Gasteiger partial charge on any atom is -0.494 e. The van der Waals surface area contributed by atoms with E-state index in [-0.39, 0.29) is 22.9 Å². The molecular formula is C26H29N3O5S. The number of ether oxygens (including phenoxy) is 1. The normalized spacial score (nSPS) is 11.0. The average molecular weight is 496 g/mol. The summed E-state index contributed by atoms with van der Waals surface area (Å²) in [7, 11) is -3.84. The van der Waals surface area contributed by atoms with Gasteiger partial charge in [-0.1, -0.05) is 17.7 Å². The van der Waals surface area contributed by atoms with Crippen molar-refractivity contribution < 1.29 is 22.7 Å². The standard InChI is InChI=1S/C26H29N3O5S/c1-5-34-22-10-8-21(9-11-22)29-35(32,33)23-12-6-20(7-13-23)26(31)27-16-24(30)28-25-18(3)14-17(2)15-19(25)4/h6-15,29H,5,16H2,1-4H3,(H,27,31)(H,28,30). The summed E-state index contributed by atoms with van der Waals surface area (Å²) in [6.45, 7) is 7.97. The lowest BCUT2D eigenvalue weighted by Gasteiger charge is -2.13. The second-order valence-corrected chi connectivity index (χ2v) is 9.77. The third-order valence-corrected chi connectivity index (χ3v) is 6.59. The molecule has 0 spiro atoms. The number of amides is 2.